The lowest BCUT2D eigenvalue weighted by Crippen LogP contribution is -2.44. The van der Waals surface area contributed by atoms with E-state index in [1.165, 1.54) is 14.2 Å². The molecule has 0 unspecified atom stereocenters. The fraction of sp³-hybridized carbons (Fsp3) is 0.727. The van der Waals surface area contributed by atoms with Crippen LogP contribution in [0.1, 0.15) is 58.1 Å². The zero-order valence-corrected chi connectivity index (χ0v) is 27.5. The van der Waals surface area contributed by atoms with Gasteiger partial charge < -0.3 is 48.1 Å². The van der Waals surface area contributed by atoms with Gasteiger partial charge in [-0.3, -0.25) is 0 Å². The third-order valence-corrected chi connectivity index (χ3v) is 7.98. The summed E-state index contributed by atoms with van der Waals surface area (Å²) in [5.74, 6) is -0.643. The summed E-state index contributed by atoms with van der Waals surface area (Å²) in [5, 5.41) is 22.5. The highest BCUT2D eigenvalue weighted by molar-refractivity contribution is 5.76. The number of benzene rings is 1. The maximum absolute atomic E-state index is 13.8. The summed E-state index contributed by atoms with van der Waals surface area (Å²) < 4.78 is 44.3. The van der Waals surface area contributed by atoms with Crippen LogP contribution in [0.25, 0.3) is 0 Å². The molecular formula is C33H54O11. The van der Waals surface area contributed by atoms with E-state index in [1.807, 2.05) is 58.0 Å². The second kappa shape index (κ2) is 20.2. The monoisotopic (exact) mass is 626 g/mol. The molecule has 1 aromatic rings. The van der Waals surface area contributed by atoms with E-state index in [0.29, 0.717) is 26.2 Å². The Balaban J connectivity index is 2.43. The van der Waals surface area contributed by atoms with Gasteiger partial charge in [0.05, 0.1) is 32.0 Å². The summed E-state index contributed by atoms with van der Waals surface area (Å²) in [6.45, 7) is 9.05. The highest BCUT2D eigenvalue weighted by Gasteiger charge is 2.37. The number of methoxy groups -OCH3 is 3. The summed E-state index contributed by atoms with van der Waals surface area (Å²) in [6, 6.07) is 7.77. The first-order valence-electron chi connectivity index (χ1n) is 15.3. The van der Waals surface area contributed by atoms with Crippen molar-refractivity contribution in [3.8, 4) is 0 Å². The van der Waals surface area contributed by atoms with Crippen molar-refractivity contribution < 1.29 is 52.9 Å². The van der Waals surface area contributed by atoms with Crippen LogP contribution in [0.15, 0.2) is 35.9 Å². The van der Waals surface area contributed by atoms with Gasteiger partial charge in [-0.15, -0.1) is 0 Å². The van der Waals surface area contributed by atoms with Crippen molar-refractivity contribution in [2.24, 2.45) is 5.92 Å². The predicted octanol–water partition coefficient (Wildman–Crippen LogP) is 3.52. The first kappa shape index (κ1) is 38.3. The van der Waals surface area contributed by atoms with Gasteiger partial charge in [0.15, 0.2) is 6.10 Å². The molecule has 0 spiro atoms. The van der Waals surface area contributed by atoms with Gasteiger partial charge in [-0.2, -0.15) is 0 Å². The molecule has 6 atom stereocenters. The average Bonchev–Trinajstić information content (AvgIpc) is 3.00. The van der Waals surface area contributed by atoms with Crippen LogP contribution in [0.2, 0.25) is 0 Å². The van der Waals surface area contributed by atoms with Crippen LogP contribution in [-0.2, 0) is 54.5 Å². The molecule has 252 valence electrons. The van der Waals surface area contributed by atoms with E-state index in [-0.39, 0.29) is 39.1 Å². The van der Waals surface area contributed by atoms with Crippen LogP contribution >= 0.6 is 0 Å². The minimum Gasteiger partial charge on any atom is -0.456 e. The van der Waals surface area contributed by atoms with Crippen molar-refractivity contribution >= 4 is 5.97 Å². The molecule has 11 heteroatoms. The third-order valence-electron chi connectivity index (χ3n) is 7.98. The maximum atomic E-state index is 13.8. The molecule has 0 saturated carbocycles. The first-order chi connectivity index (χ1) is 21.1. The molecule has 2 rings (SSSR count). The van der Waals surface area contributed by atoms with Gasteiger partial charge in [0.1, 0.15) is 32.6 Å². The fourth-order valence-corrected chi connectivity index (χ4v) is 5.05. The lowest BCUT2D eigenvalue weighted by atomic mass is 9.76. The van der Waals surface area contributed by atoms with Gasteiger partial charge in [-0.25, -0.2) is 4.79 Å². The molecule has 0 saturated heterocycles. The predicted molar refractivity (Wildman–Crippen MR) is 164 cm³/mol. The second-order valence-electron chi connectivity index (χ2n) is 11.8. The van der Waals surface area contributed by atoms with Crippen molar-refractivity contribution in [2.45, 2.75) is 89.3 Å². The second-order valence-corrected chi connectivity index (χ2v) is 11.8. The topological polar surface area (TPSA) is 131 Å². The number of aliphatic hydroxyl groups excluding tert-OH is 2. The molecule has 1 aromatic carbocycles. The fourth-order valence-electron chi connectivity index (χ4n) is 5.05. The van der Waals surface area contributed by atoms with Crippen LogP contribution in [-0.4, -0.2) is 108 Å². The highest BCUT2D eigenvalue weighted by atomic mass is 16.7. The van der Waals surface area contributed by atoms with Crippen molar-refractivity contribution in [3.63, 3.8) is 0 Å². The summed E-state index contributed by atoms with van der Waals surface area (Å²) >= 11 is 0. The molecule has 0 aliphatic carbocycles. The van der Waals surface area contributed by atoms with Crippen molar-refractivity contribution in [1.29, 1.82) is 0 Å². The number of hydrogen-bond acceptors (Lipinski definition) is 11. The molecule has 11 nitrogen and oxygen atoms in total. The van der Waals surface area contributed by atoms with Gasteiger partial charge >= 0.3 is 5.97 Å². The van der Waals surface area contributed by atoms with E-state index >= 15 is 0 Å². The van der Waals surface area contributed by atoms with E-state index in [2.05, 4.69) is 0 Å². The van der Waals surface area contributed by atoms with Gasteiger partial charge in [-0.05, 0) is 30.0 Å². The number of hydrogen-bond donors (Lipinski definition) is 2. The van der Waals surface area contributed by atoms with Gasteiger partial charge in [-0.1, -0.05) is 51.1 Å². The molecule has 2 N–H and O–H groups in total. The Morgan fingerprint density at radius 1 is 1.02 bits per heavy atom. The van der Waals surface area contributed by atoms with Crippen molar-refractivity contribution in [2.75, 3.05) is 61.5 Å². The Hall–Kier alpha value is -1.93. The largest absolute Gasteiger partial charge is 0.456 e. The molecule has 44 heavy (non-hydrogen) atoms. The SMILES string of the molecule is CC[C@H](/C=C(/C)[C@@H]1C[C@@H](O)C[C@H](O)C(C)(C)c2cccc(c2)C[C@@H](OCOC)[C@H](OCOC)C(=O)O1)COCOCCOC. The van der Waals surface area contributed by atoms with E-state index in [0.717, 1.165) is 23.1 Å². The van der Waals surface area contributed by atoms with Crippen LogP contribution in [0.3, 0.4) is 0 Å². The molecule has 2 bridgehead atoms. The Kier molecular flexibility index (Phi) is 17.6. The quantitative estimate of drug-likeness (QED) is 0.121. The Labute approximate surface area is 262 Å². The van der Waals surface area contributed by atoms with Gasteiger partial charge in [0.2, 0.25) is 0 Å². The average molecular weight is 627 g/mol. The van der Waals surface area contributed by atoms with Crippen LogP contribution in [0.4, 0.5) is 0 Å². The van der Waals surface area contributed by atoms with Crippen molar-refractivity contribution in [3.05, 3.63) is 47.0 Å². The minimum atomic E-state index is -1.14. The third kappa shape index (κ3) is 12.5. The number of fused-ring (bicyclic) bond motifs is 2. The van der Waals surface area contributed by atoms with Crippen LogP contribution in [0.5, 0.6) is 0 Å². The molecule has 0 fully saturated rings. The normalized spacial score (nSPS) is 25.7. The van der Waals surface area contributed by atoms with E-state index in [9.17, 15) is 15.0 Å². The summed E-state index contributed by atoms with van der Waals surface area (Å²) in [4.78, 5) is 13.8. The lowest BCUT2D eigenvalue weighted by molar-refractivity contribution is -0.193. The standard InChI is InChI=1S/C33H54O11/c1-8-24(19-41-22-40-13-12-37-5)14-23(2)28-17-27(34)18-30(35)33(3,4)26-11-9-10-25(15-26)16-29(42-20-38-6)31(32(36)44-28)43-21-39-7/h9-11,14-15,24,27-31,34-35H,8,12-13,16-22H2,1-7H3/b23-14-/t24-,27-,28+,29-,30+,31+/m1/s1. The zero-order chi connectivity index (χ0) is 32.5. The number of esters is 1. The van der Waals surface area contributed by atoms with Gasteiger partial charge in [0, 0.05) is 51.9 Å². The molecular weight excluding hydrogens is 572 g/mol. The molecule has 1 aliphatic heterocycles. The number of aliphatic hydroxyl groups is 2. The first-order valence-corrected chi connectivity index (χ1v) is 15.3. The summed E-state index contributed by atoms with van der Waals surface area (Å²) in [7, 11) is 4.58. The number of carbonyl (C=O) groups is 1. The van der Waals surface area contributed by atoms with E-state index in [4.69, 9.17) is 37.9 Å². The summed E-state index contributed by atoms with van der Waals surface area (Å²) in [5.41, 5.74) is 1.87. The lowest BCUT2D eigenvalue weighted by Gasteiger charge is -2.35. The van der Waals surface area contributed by atoms with E-state index < -0.39 is 41.9 Å². The smallest absolute Gasteiger partial charge is 0.338 e. The van der Waals surface area contributed by atoms with Crippen molar-refractivity contribution in [1.82, 2.24) is 0 Å². The van der Waals surface area contributed by atoms with Crippen LogP contribution < -0.4 is 0 Å². The Bertz CT molecular complexity index is 982. The van der Waals surface area contributed by atoms with Crippen LogP contribution in [0, 0.1) is 5.92 Å². The molecule has 0 radical (unpaired) electrons. The zero-order valence-electron chi connectivity index (χ0n) is 27.5. The number of carbonyl (C=O) groups excluding carboxylic acids is 1. The highest BCUT2D eigenvalue weighted by Crippen LogP contribution is 2.32. The van der Waals surface area contributed by atoms with Gasteiger partial charge in [0.25, 0.3) is 0 Å². The molecule has 0 aromatic heterocycles. The number of cyclic esters (lactones) is 1. The summed E-state index contributed by atoms with van der Waals surface area (Å²) in [6.07, 6.45) is -1.25. The molecule has 1 aliphatic rings. The number of rotatable bonds is 16. The minimum absolute atomic E-state index is 0.0119. The molecule has 1 heterocycles. The maximum Gasteiger partial charge on any atom is 0.338 e. The molecule has 0 amide bonds. The Morgan fingerprint density at radius 3 is 2.43 bits per heavy atom. The Morgan fingerprint density at radius 2 is 1.75 bits per heavy atom. The van der Waals surface area contributed by atoms with E-state index in [1.54, 1.807) is 7.11 Å². The number of ether oxygens (including phenoxy) is 8.